The van der Waals surface area contributed by atoms with Gasteiger partial charge in [0.2, 0.25) is 5.82 Å². The van der Waals surface area contributed by atoms with E-state index in [9.17, 15) is 8.78 Å². The molecule has 0 saturated heterocycles. The summed E-state index contributed by atoms with van der Waals surface area (Å²) < 4.78 is 40.5. The quantitative estimate of drug-likeness (QED) is 0.306. The van der Waals surface area contributed by atoms with Crippen LogP contribution in [0.1, 0.15) is 108 Å². The second-order valence-corrected chi connectivity index (χ2v) is 11.4. The average Bonchev–Trinajstić information content (AvgIpc) is 2.90. The molecule has 0 aliphatic heterocycles. The number of ether oxygens (including phenoxy) is 2. The van der Waals surface area contributed by atoms with E-state index in [0.717, 1.165) is 50.0 Å². The van der Waals surface area contributed by atoms with Gasteiger partial charge in [-0.2, -0.15) is 4.39 Å². The molecule has 0 N–H and O–H groups in total. The highest BCUT2D eigenvalue weighted by molar-refractivity contribution is 5.33. The Balaban J connectivity index is 1.14. The molecule has 1 aromatic carbocycles. The van der Waals surface area contributed by atoms with E-state index in [-0.39, 0.29) is 11.7 Å². The van der Waals surface area contributed by atoms with Crippen LogP contribution in [0, 0.1) is 35.3 Å². The zero-order valence-corrected chi connectivity index (χ0v) is 21.8. The third-order valence-electron chi connectivity index (χ3n) is 9.29. The van der Waals surface area contributed by atoms with Crippen LogP contribution in [0.5, 0.6) is 5.75 Å². The second kappa shape index (κ2) is 13.2. The van der Waals surface area contributed by atoms with Crippen molar-refractivity contribution in [2.75, 3.05) is 13.2 Å². The molecule has 0 bridgehead atoms. The monoisotopic (exact) mass is 488 g/mol. The highest BCUT2D eigenvalue weighted by atomic mass is 19.2. The molecule has 196 valence electrons. The van der Waals surface area contributed by atoms with Crippen LogP contribution in [0.25, 0.3) is 0 Å². The first-order valence-corrected chi connectivity index (χ1v) is 14.4. The fraction of sp³-hybridized carbons (Fsp3) is 0.742. The third-order valence-corrected chi connectivity index (χ3v) is 9.29. The van der Waals surface area contributed by atoms with Gasteiger partial charge in [-0.3, -0.25) is 0 Å². The molecule has 0 amide bonds. The molecule has 0 radical (unpaired) electrons. The minimum atomic E-state index is -0.842. The molecule has 0 atom stereocenters. The maximum Gasteiger partial charge on any atom is 0.200 e. The van der Waals surface area contributed by atoms with Gasteiger partial charge in [0, 0.05) is 6.61 Å². The number of benzene rings is 1. The molecule has 3 aliphatic rings. The van der Waals surface area contributed by atoms with Crippen LogP contribution in [0.3, 0.4) is 0 Å². The lowest BCUT2D eigenvalue weighted by Gasteiger charge is -2.38. The Labute approximate surface area is 211 Å². The highest BCUT2D eigenvalue weighted by Crippen LogP contribution is 2.42. The molecule has 0 aromatic heterocycles. The molecule has 3 saturated carbocycles. The lowest BCUT2D eigenvalue weighted by atomic mass is 9.70. The van der Waals surface area contributed by atoms with Gasteiger partial charge < -0.3 is 9.47 Å². The topological polar surface area (TPSA) is 18.5 Å². The van der Waals surface area contributed by atoms with Crippen LogP contribution in [0.4, 0.5) is 8.78 Å². The van der Waals surface area contributed by atoms with Crippen LogP contribution >= 0.6 is 0 Å². The summed E-state index contributed by atoms with van der Waals surface area (Å²) in [6.45, 7) is 6.81. The lowest BCUT2D eigenvalue weighted by molar-refractivity contribution is -0.0155. The predicted octanol–water partition coefficient (Wildman–Crippen LogP) is 8.99. The van der Waals surface area contributed by atoms with Gasteiger partial charge in [-0.15, -0.1) is 6.58 Å². The van der Waals surface area contributed by atoms with E-state index in [2.05, 4.69) is 12.7 Å². The van der Waals surface area contributed by atoms with Crippen molar-refractivity contribution in [3.8, 4) is 5.75 Å². The van der Waals surface area contributed by atoms with E-state index >= 15 is 0 Å². The van der Waals surface area contributed by atoms with Crippen molar-refractivity contribution < 1.29 is 18.3 Å². The smallest absolute Gasteiger partial charge is 0.200 e. The second-order valence-electron chi connectivity index (χ2n) is 11.4. The zero-order valence-electron chi connectivity index (χ0n) is 21.8. The van der Waals surface area contributed by atoms with Crippen LogP contribution < -0.4 is 4.74 Å². The summed E-state index contributed by atoms with van der Waals surface area (Å²) in [5.74, 6) is 1.88. The first-order chi connectivity index (χ1) is 17.1. The number of allylic oxidation sites excluding steroid dienone is 1. The molecule has 2 nitrogen and oxygen atoms in total. The molecular formula is C31H46F2O2. The van der Waals surface area contributed by atoms with Crippen molar-refractivity contribution in [2.24, 2.45) is 23.7 Å². The summed E-state index contributed by atoms with van der Waals surface area (Å²) in [5, 5.41) is 0. The van der Waals surface area contributed by atoms with Crippen LogP contribution in [-0.2, 0) is 4.74 Å². The zero-order chi connectivity index (χ0) is 24.6. The maximum absolute atomic E-state index is 14.6. The van der Waals surface area contributed by atoms with E-state index in [4.69, 9.17) is 9.47 Å². The van der Waals surface area contributed by atoms with Gasteiger partial charge in [0.1, 0.15) is 0 Å². The summed E-state index contributed by atoms with van der Waals surface area (Å²) in [6, 6.07) is 3.30. The normalized spacial score (nSPS) is 31.7. The van der Waals surface area contributed by atoms with E-state index in [1.165, 1.54) is 64.2 Å². The molecule has 3 aliphatic carbocycles. The van der Waals surface area contributed by atoms with Crippen molar-refractivity contribution >= 4 is 0 Å². The highest BCUT2D eigenvalue weighted by Gasteiger charge is 2.32. The maximum atomic E-state index is 14.6. The molecule has 1 aromatic rings. The van der Waals surface area contributed by atoms with Crippen molar-refractivity contribution in [1.82, 2.24) is 0 Å². The van der Waals surface area contributed by atoms with E-state index in [1.54, 1.807) is 19.1 Å². The standard InChI is InChI=1S/C31H46F2O2/c1-3-5-6-22-7-11-24(12-8-22)25-15-17-27(18-16-25)35-21-23-9-13-26(14-10-23)28-19-20-29(34-4-2)31(33)30(28)32/h3,19-20,22-27H,1,4-18,21H2,2H3. The minimum Gasteiger partial charge on any atom is -0.491 e. The molecule has 35 heavy (non-hydrogen) atoms. The Morgan fingerprint density at radius 1 is 0.829 bits per heavy atom. The van der Waals surface area contributed by atoms with E-state index in [0.29, 0.717) is 24.2 Å². The number of halogens is 2. The molecule has 0 spiro atoms. The average molecular weight is 489 g/mol. The fourth-order valence-electron chi connectivity index (χ4n) is 7.07. The Kier molecular flexibility index (Phi) is 10.1. The van der Waals surface area contributed by atoms with Crippen molar-refractivity contribution in [2.45, 2.75) is 109 Å². The van der Waals surface area contributed by atoms with E-state index < -0.39 is 11.6 Å². The predicted molar refractivity (Wildman–Crippen MR) is 139 cm³/mol. The summed E-state index contributed by atoms with van der Waals surface area (Å²) in [7, 11) is 0. The Morgan fingerprint density at radius 2 is 1.46 bits per heavy atom. The lowest BCUT2D eigenvalue weighted by Crippen LogP contribution is -2.30. The van der Waals surface area contributed by atoms with Crippen molar-refractivity contribution in [3.63, 3.8) is 0 Å². The molecule has 0 heterocycles. The Hall–Kier alpha value is -1.42. The largest absolute Gasteiger partial charge is 0.491 e. The van der Waals surface area contributed by atoms with Gasteiger partial charge in [0.05, 0.1) is 12.7 Å². The number of rotatable bonds is 10. The molecule has 3 fully saturated rings. The van der Waals surface area contributed by atoms with Gasteiger partial charge in [-0.05, 0) is 125 Å². The number of hydrogen-bond donors (Lipinski definition) is 0. The van der Waals surface area contributed by atoms with Crippen molar-refractivity contribution in [3.05, 3.63) is 42.0 Å². The summed E-state index contributed by atoms with van der Waals surface area (Å²) >= 11 is 0. The molecule has 0 unspecified atom stereocenters. The van der Waals surface area contributed by atoms with E-state index in [1.807, 2.05) is 0 Å². The van der Waals surface area contributed by atoms with Crippen molar-refractivity contribution in [1.29, 1.82) is 0 Å². The van der Waals surface area contributed by atoms with Gasteiger partial charge in [-0.25, -0.2) is 4.39 Å². The third kappa shape index (κ3) is 7.08. The first-order valence-electron chi connectivity index (χ1n) is 14.4. The van der Waals surface area contributed by atoms with Gasteiger partial charge in [0.25, 0.3) is 0 Å². The molecule has 4 heteroatoms. The van der Waals surface area contributed by atoms with Crippen LogP contribution in [0.2, 0.25) is 0 Å². The Bertz CT molecular complexity index is 785. The minimum absolute atomic E-state index is 0.0155. The van der Waals surface area contributed by atoms with Crippen LogP contribution in [-0.4, -0.2) is 19.3 Å². The fourth-order valence-corrected chi connectivity index (χ4v) is 7.07. The summed E-state index contributed by atoms with van der Waals surface area (Å²) in [6.07, 6.45) is 19.7. The number of hydrogen-bond acceptors (Lipinski definition) is 2. The SMILES string of the molecule is C=CCCC1CCC(C2CCC(OCC3CCC(c4ccc(OCC)c(F)c4F)CC3)CC2)CC1. The molecule has 4 rings (SSSR count). The summed E-state index contributed by atoms with van der Waals surface area (Å²) in [5.41, 5.74) is 0.512. The first kappa shape index (κ1) is 26.6. The van der Waals surface area contributed by atoms with Crippen LogP contribution in [0.15, 0.2) is 24.8 Å². The van der Waals surface area contributed by atoms with Gasteiger partial charge in [-0.1, -0.05) is 25.0 Å². The molecular weight excluding hydrogens is 442 g/mol. The van der Waals surface area contributed by atoms with Gasteiger partial charge in [0.15, 0.2) is 11.6 Å². The summed E-state index contributed by atoms with van der Waals surface area (Å²) in [4.78, 5) is 0. The van der Waals surface area contributed by atoms with Gasteiger partial charge >= 0.3 is 0 Å². The Morgan fingerprint density at radius 3 is 2.09 bits per heavy atom.